The molecule has 0 aliphatic carbocycles. The summed E-state index contributed by atoms with van der Waals surface area (Å²) < 4.78 is 0. The van der Waals surface area contributed by atoms with Gasteiger partial charge in [0, 0.05) is 24.8 Å². The Morgan fingerprint density at radius 1 is 1.89 bits per heavy atom. The maximum absolute atomic E-state index is 10.8. The van der Waals surface area contributed by atoms with Crippen LogP contribution in [0, 0.1) is 0 Å². The van der Waals surface area contributed by atoms with Crippen LogP contribution in [-0.2, 0) is 4.79 Å². The minimum absolute atomic E-state index is 0.277. The Hall–Kier alpha value is -0.0500. The van der Waals surface area contributed by atoms with Gasteiger partial charge in [-0.3, -0.25) is 4.79 Å². The fourth-order valence-corrected chi connectivity index (χ4v) is 1.80. The molecule has 1 atom stereocenters. The van der Waals surface area contributed by atoms with E-state index < -0.39 is 0 Å². The van der Waals surface area contributed by atoms with E-state index in [1.165, 1.54) is 0 Å². The molecule has 2 nitrogen and oxygen atoms in total. The van der Waals surface area contributed by atoms with E-state index in [2.05, 4.69) is 15.9 Å². The van der Waals surface area contributed by atoms with Gasteiger partial charge in [-0.25, -0.2) is 0 Å². The first kappa shape index (κ1) is 7.06. The van der Waals surface area contributed by atoms with Gasteiger partial charge >= 0.3 is 0 Å². The molecule has 0 aromatic carbocycles. The van der Waals surface area contributed by atoms with Crippen molar-refractivity contribution in [3.63, 3.8) is 0 Å². The summed E-state index contributed by atoms with van der Waals surface area (Å²) in [5.74, 6) is 0.277. The molecule has 0 radical (unpaired) electrons. The van der Waals surface area contributed by atoms with Crippen molar-refractivity contribution >= 4 is 21.8 Å². The third-order valence-electron chi connectivity index (χ3n) is 1.81. The van der Waals surface area contributed by atoms with Gasteiger partial charge in [-0.05, 0) is 6.42 Å². The summed E-state index contributed by atoms with van der Waals surface area (Å²) >= 11 is 3.35. The first-order valence-corrected chi connectivity index (χ1v) is 4.19. The largest absolute Gasteiger partial charge is 0.342 e. The normalized spacial score (nSPS) is 27.6. The van der Waals surface area contributed by atoms with Gasteiger partial charge in [0.2, 0.25) is 5.91 Å². The Labute approximate surface area is 63.3 Å². The van der Waals surface area contributed by atoms with Crippen molar-refractivity contribution in [3.8, 4) is 0 Å². The zero-order chi connectivity index (χ0) is 6.85. The highest BCUT2D eigenvalue weighted by atomic mass is 79.9. The fraction of sp³-hybridized carbons (Fsp3) is 0.833. The molecular weight excluding hydrogens is 182 g/mol. The van der Waals surface area contributed by atoms with Crippen LogP contribution in [0.3, 0.4) is 0 Å². The number of likely N-dealkylation sites (tertiary alicyclic amines) is 1. The summed E-state index contributed by atoms with van der Waals surface area (Å²) in [6.45, 7) is 0. The Balaban J connectivity index is 2.51. The molecule has 0 bridgehead atoms. The van der Waals surface area contributed by atoms with E-state index in [1.807, 2.05) is 11.9 Å². The van der Waals surface area contributed by atoms with Crippen molar-refractivity contribution < 1.29 is 4.79 Å². The van der Waals surface area contributed by atoms with Gasteiger partial charge in [-0.2, -0.15) is 0 Å². The van der Waals surface area contributed by atoms with E-state index >= 15 is 0 Å². The van der Waals surface area contributed by atoms with Crippen molar-refractivity contribution in [3.05, 3.63) is 0 Å². The SMILES string of the molecule is CN1C(=O)CC[C@@H]1CBr. The van der Waals surface area contributed by atoms with Gasteiger partial charge in [-0.1, -0.05) is 15.9 Å². The van der Waals surface area contributed by atoms with Crippen molar-refractivity contribution in [2.45, 2.75) is 18.9 Å². The molecule has 1 rings (SSSR count). The molecule has 0 saturated carbocycles. The number of alkyl halides is 1. The maximum Gasteiger partial charge on any atom is 0.222 e. The van der Waals surface area contributed by atoms with E-state index in [4.69, 9.17) is 0 Å². The van der Waals surface area contributed by atoms with Gasteiger partial charge in [0.05, 0.1) is 0 Å². The molecule has 1 fully saturated rings. The molecule has 0 unspecified atom stereocenters. The predicted octanol–water partition coefficient (Wildman–Crippen LogP) is 1.00. The Kier molecular flexibility index (Phi) is 2.11. The average Bonchev–Trinajstić information content (AvgIpc) is 2.15. The summed E-state index contributed by atoms with van der Waals surface area (Å²) in [6, 6.07) is 0.442. The van der Waals surface area contributed by atoms with Crippen LogP contribution in [0.2, 0.25) is 0 Å². The molecule has 1 heterocycles. The van der Waals surface area contributed by atoms with Crippen molar-refractivity contribution in [1.82, 2.24) is 4.90 Å². The third kappa shape index (κ3) is 1.26. The molecule has 52 valence electrons. The average molecular weight is 192 g/mol. The molecule has 1 aliphatic rings. The van der Waals surface area contributed by atoms with E-state index in [0.717, 1.165) is 18.2 Å². The van der Waals surface area contributed by atoms with Crippen LogP contribution < -0.4 is 0 Å². The first-order valence-electron chi connectivity index (χ1n) is 3.07. The maximum atomic E-state index is 10.8. The highest BCUT2D eigenvalue weighted by molar-refractivity contribution is 9.09. The Morgan fingerprint density at radius 3 is 2.78 bits per heavy atom. The lowest BCUT2D eigenvalue weighted by Crippen LogP contribution is -2.29. The minimum atomic E-state index is 0.277. The number of carbonyl (C=O) groups is 1. The van der Waals surface area contributed by atoms with Gasteiger partial charge in [0.15, 0.2) is 0 Å². The first-order chi connectivity index (χ1) is 4.25. The zero-order valence-corrected chi connectivity index (χ0v) is 7.02. The molecule has 1 saturated heterocycles. The van der Waals surface area contributed by atoms with Crippen LogP contribution in [0.25, 0.3) is 0 Å². The molecule has 1 aliphatic heterocycles. The topological polar surface area (TPSA) is 20.3 Å². The van der Waals surface area contributed by atoms with E-state index in [9.17, 15) is 4.79 Å². The number of amides is 1. The van der Waals surface area contributed by atoms with Gasteiger partial charge < -0.3 is 4.90 Å². The summed E-state index contributed by atoms with van der Waals surface area (Å²) in [5, 5.41) is 0.912. The van der Waals surface area contributed by atoms with E-state index in [-0.39, 0.29) is 5.91 Å². The monoisotopic (exact) mass is 191 g/mol. The summed E-state index contributed by atoms with van der Waals surface area (Å²) in [4.78, 5) is 12.7. The fourth-order valence-electron chi connectivity index (χ4n) is 1.04. The van der Waals surface area contributed by atoms with Crippen molar-refractivity contribution in [2.75, 3.05) is 12.4 Å². The minimum Gasteiger partial charge on any atom is -0.342 e. The molecular formula is C6H10BrNO. The standard InChI is InChI=1S/C6H10BrNO/c1-8-5(4-7)2-3-6(8)9/h5H,2-4H2,1H3/t5-/m1/s1. The van der Waals surface area contributed by atoms with Crippen LogP contribution >= 0.6 is 15.9 Å². The lowest BCUT2D eigenvalue weighted by atomic mass is 10.2. The highest BCUT2D eigenvalue weighted by Gasteiger charge is 2.25. The molecule has 1 amide bonds. The molecule has 0 spiro atoms. The lowest BCUT2D eigenvalue weighted by molar-refractivity contribution is -0.127. The zero-order valence-electron chi connectivity index (χ0n) is 5.43. The molecule has 9 heavy (non-hydrogen) atoms. The Morgan fingerprint density at radius 2 is 2.56 bits per heavy atom. The predicted molar refractivity (Wildman–Crippen MR) is 39.6 cm³/mol. The summed E-state index contributed by atoms with van der Waals surface area (Å²) in [5.41, 5.74) is 0. The number of carbonyl (C=O) groups excluding carboxylic acids is 1. The van der Waals surface area contributed by atoms with Crippen LogP contribution in [0.1, 0.15) is 12.8 Å². The molecule has 0 aromatic rings. The molecule has 0 aromatic heterocycles. The summed E-state index contributed by atoms with van der Waals surface area (Å²) in [7, 11) is 1.86. The summed E-state index contributed by atoms with van der Waals surface area (Å²) in [6.07, 6.45) is 1.74. The lowest BCUT2D eigenvalue weighted by Gasteiger charge is -2.16. The number of nitrogens with zero attached hydrogens (tertiary/aromatic N) is 1. The second-order valence-electron chi connectivity index (χ2n) is 2.35. The molecule has 0 N–H and O–H groups in total. The second kappa shape index (κ2) is 2.69. The number of hydrogen-bond donors (Lipinski definition) is 0. The number of rotatable bonds is 1. The molecule has 3 heteroatoms. The second-order valence-corrected chi connectivity index (χ2v) is 3.00. The van der Waals surface area contributed by atoms with Gasteiger partial charge in [-0.15, -0.1) is 0 Å². The third-order valence-corrected chi connectivity index (χ3v) is 2.56. The van der Waals surface area contributed by atoms with Crippen molar-refractivity contribution in [2.24, 2.45) is 0 Å². The smallest absolute Gasteiger partial charge is 0.222 e. The van der Waals surface area contributed by atoms with E-state index in [0.29, 0.717) is 6.04 Å². The van der Waals surface area contributed by atoms with Crippen LogP contribution in [0.5, 0.6) is 0 Å². The quantitative estimate of drug-likeness (QED) is 0.567. The van der Waals surface area contributed by atoms with Crippen molar-refractivity contribution in [1.29, 1.82) is 0 Å². The van der Waals surface area contributed by atoms with Gasteiger partial charge in [0.25, 0.3) is 0 Å². The Bertz CT molecular complexity index is 126. The van der Waals surface area contributed by atoms with Crippen LogP contribution in [0.4, 0.5) is 0 Å². The highest BCUT2D eigenvalue weighted by Crippen LogP contribution is 2.17. The van der Waals surface area contributed by atoms with Crippen LogP contribution in [-0.4, -0.2) is 29.2 Å². The van der Waals surface area contributed by atoms with E-state index in [1.54, 1.807) is 0 Å². The number of hydrogen-bond acceptors (Lipinski definition) is 1. The van der Waals surface area contributed by atoms with Crippen LogP contribution in [0.15, 0.2) is 0 Å². The number of halogens is 1. The van der Waals surface area contributed by atoms with Gasteiger partial charge in [0.1, 0.15) is 0 Å².